The fourth-order valence-corrected chi connectivity index (χ4v) is 3.09. The molecule has 3 rings (SSSR count). The van der Waals surface area contributed by atoms with Gasteiger partial charge < -0.3 is 9.47 Å². The molecule has 1 aromatic heterocycles. The van der Waals surface area contributed by atoms with Gasteiger partial charge in [-0.25, -0.2) is 9.78 Å². The van der Waals surface area contributed by atoms with Gasteiger partial charge in [0.1, 0.15) is 6.10 Å². The Kier molecular flexibility index (Phi) is 3.91. The Labute approximate surface area is 130 Å². The number of fused-ring (bicyclic) bond motifs is 2. The molecule has 2 aliphatic rings. The van der Waals surface area contributed by atoms with Crippen molar-refractivity contribution in [2.45, 2.75) is 56.7 Å². The maximum atomic E-state index is 12.5. The number of aromatic nitrogens is 2. The van der Waals surface area contributed by atoms with Crippen LogP contribution in [0.2, 0.25) is 0 Å². The molecule has 2 saturated heterocycles. The van der Waals surface area contributed by atoms with Crippen molar-refractivity contribution in [1.29, 1.82) is 0 Å². The molecular formula is C14H16F3N3O3. The molecule has 0 aromatic carbocycles. The van der Waals surface area contributed by atoms with Crippen LogP contribution in [0.3, 0.4) is 0 Å². The summed E-state index contributed by atoms with van der Waals surface area (Å²) < 4.78 is 47.8. The molecule has 23 heavy (non-hydrogen) atoms. The van der Waals surface area contributed by atoms with Crippen LogP contribution in [0.15, 0.2) is 12.4 Å². The summed E-state index contributed by atoms with van der Waals surface area (Å²) in [6.07, 6.45) is -0.671. The van der Waals surface area contributed by atoms with E-state index in [9.17, 15) is 18.0 Å². The second-order valence-corrected chi connectivity index (χ2v) is 5.94. The molecule has 2 fully saturated rings. The van der Waals surface area contributed by atoms with Gasteiger partial charge >= 0.3 is 12.1 Å². The van der Waals surface area contributed by atoms with Gasteiger partial charge in [-0.1, -0.05) is 0 Å². The molecule has 1 N–H and O–H groups in total. The minimum atomic E-state index is -5.01. The first kappa shape index (κ1) is 16.0. The molecule has 6 nitrogen and oxygen atoms in total. The zero-order valence-electron chi connectivity index (χ0n) is 12.4. The summed E-state index contributed by atoms with van der Waals surface area (Å²) in [6.45, 7) is 1.78. The topological polar surface area (TPSA) is 73.3 Å². The highest BCUT2D eigenvalue weighted by molar-refractivity contribution is 5.76. The average Bonchev–Trinajstić information content (AvgIpc) is 2.75. The quantitative estimate of drug-likeness (QED) is 0.853. The molecule has 3 atom stereocenters. The number of aryl methyl sites for hydroxylation is 1. The van der Waals surface area contributed by atoms with Crippen LogP contribution in [0.1, 0.15) is 31.4 Å². The summed E-state index contributed by atoms with van der Waals surface area (Å²) in [5.41, 5.74) is -0.587. The van der Waals surface area contributed by atoms with Crippen molar-refractivity contribution in [3.63, 3.8) is 0 Å². The van der Waals surface area contributed by atoms with Crippen LogP contribution < -0.4 is 10.1 Å². The van der Waals surface area contributed by atoms with Crippen molar-refractivity contribution in [1.82, 2.24) is 15.3 Å². The molecule has 3 heterocycles. The lowest BCUT2D eigenvalue weighted by Gasteiger charge is -2.38. The Balaban J connectivity index is 1.69. The van der Waals surface area contributed by atoms with Crippen molar-refractivity contribution >= 4 is 5.97 Å². The highest BCUT2D eigenvalue weighted by atomic mass is 19.4. The largest absolute Gasteiger partial charge is 0.490 e. The number of alkyl halides is 3. The van der Waals surface area contributed by atoms with Crippen LogP contribution in [-0.4, -0.2) is 40.0 Å². The number of piperidine rings is 1. The van der Waals surface area contributed by atoms with Gasteiger partial charge in [0.2, 0.25) is 5.88 Å². The Morgan fingerprint density at radius 3 is 2.83 bits per heavy atom. The SMILES string of the molecule is Cc1cnc(O[C@@H]2C[C@@H]3CC[C@@](OC(=O)C(F)(F)F)(C2)N3)cn1. The zero-order valence-corrected chi connectivity index (χ0v) is 12.4. The molecule has 0 aliphatic carbocycles. The third-order valence-electron chi connectivity index (χ3n) is 4.03. The van der Waals surface area contributed by atoms with E-state index in [-0.39, 0.29) is 18.6 Å². The van der Waals surface area contributed by atoms with Gasteiger partial charge in [-0.05, 0) is 13.3 Å². The van der Waals surface area contributed by atoms with Gasteiger partial charge in [0, 0.05) is 25.3 Å². The van der Waals surface area contributed by atoms with Crippen molar-refractivity contribution in [3.05, 3.63) is 18.1 Å². The van der Waals surface area contributed by atoms with Crippen LogP contribution in [0.4, 0.5) is 13.2 Å². The predicted molar refractivity (Wildman–Crippen MR) is 71.5 cm³/mol. The van der Waals surface area contributed by atoms with Crippen molar-refractivity contribution < 1.29 is 27.4 Å². The summed E-state index contributed by atoms with van der Waals surface area (Å²) in [5, 5.41) is 2.97. The second-order valence-electron chi connectivity index (χ2n) is 5.94. The van der Waals surface area contributed by atoms with E-state index in [2.05, 4.69) is 15.3 Å². The number of halogens is 3. The number of nitrogens with one attached hydrogen (secondary N) is 1. The Morgan fingerprint density at radius 2 is 2.17 bits per heavy atom. The molecule has 126 valence electrons. The molecule has 1 aromatic rings. The van der Waals surface area contributed by atoms with E-state index < -0.39 is 17.9 Å². The van der Waals surface area contributed by atoms with Crippen molar-refractivity contribution in [3.8, 4) is 5.88 Å². The predicted octanol–water partition coefficient (Wildman–Crippen LogP) is 1.88. The number of carbonyl (C=O) groups excluding carboxylic acids is 1. The molecule has 0 amide bonds. The van der Waals surface area contributed by atoms with Gasteiger partial charge in [0.15, 0.2) is 5.72 Å². The van der Waals surface area contributed by atoms with E-state index in [4.69, 9.17) is 9.47 Å². The summed E-state index contributed by atoms with van der Waals surface area (Å²) in [5.74, 6) is -1.87. The van der Waals surface area contributed by atoms with E-state index in [1.807, 2.05) is 0 Å². The number of hydrogen-bond donors (Lipinski definition) is 1. The molecule has 2 bridgehead atoms. The number of rotatable bonds is 3. The highest BCUT2D eigenvalue weighted by Gasteiger charge is 2.53. The first-order chi connectivity index (χ1) is 10.8. The molecule has 0 radical (unpaired) electrons. The Morgan fingerprint density at radius 1 is 1.39 bits per heavy atom. The molecule has 2 aliphatic heterocycles. The van der Waals surface area contributed by atoms with Gasteiger partial charge in [0.05, 0.1) is 18.1 Å². The highest BCUT2D eigenvalue weighted by Crippen LogP contribution is 2.39. The van der Waals surface area contributed by atoms with E-state index >= 15 is 0 Å². The summed E-state index contributed by atoms with van der Waals surface area (Å²) in [7, 11) is 0. The maximum Gasteiger partial charge on any atom is 0.490 e. The van der Waals surface area contributed by atoms with E-state index in [1.165, 1.54) is 6.20 Å². The normalized spacial score (nSPS) is 30.1. The maximum absolute atomic E-state index is 12.5. The summed E-state index contributed by atoms with van der Waals surface area (Å²) in [4.78, 5) is 19.3. The third-order valence-corrected chi connectivity index (χ3v) is 4.03. The van der Waals surface area contributed by atoms with Gasteiger partial charge in [-0.2, -0.15) is 13.2 Å². The van der Waals surface area contributed by atoms with Crippen LogP contribution in [0.25, 0.3) is 0 Å². The smallest absolute Gasteiger partial charge is 0.473 e. The Bertz CT molecular complexity index is 593. The molecular weight excluding hydrogens is 315 g/mol. The number of esters is 1. The molecule has 0 spiro atoms. The molecule has 0 unspecified atom stereocenters. The average molecular weight is 331 g/mol. The summed E-state index contributed by atoms with van der Waals surface area (Å²) in [6, 6.07) is -0.0480. The van der Waals surface area contributed by atoms with Gasteiger partial charge in [0.25, 0.3) is 0 Å². The Hall–Kier alpha value is -1.90. The minimum absolute atomic E-state index is 0.0480. The van der Waals surface area contributed by atoms with E-state index in [0.717, 1.165) is 5.69 Å². The number of carbonyl (C=O) groups is 1. The minimum Gasteiger partial charge on any atom is -0.473 e. The number of ether oxygens (including phenoxy) is 2. The number of hydrogen-bond acceptors (Lipinski definition) is 6. The standard InChI is InChI=1S/C14H16F3N3O3/c1-8-6-19-11(7-18-8)22-10-4-9-2-3-13(5-10,20-9)23-12(21)14(15,16)17/h6-7,9-10,20H,2-5H2,1H3/t9-,10+,13+/m0/s1. The van der Waals surface area contributed by atoms with Crippen LogP contribution in [0.5, 0.6) is 5.88 Å². The van der Waals surface area contributed by atoms with E-state index in [0.29, 0.717) is 25.1 Å². The van der Waals surface area contributed by atoms with Crippen molar-refractivity contribution in [2.75, 3.05) is 0 Å². The van der Waals surface area contributed by atoms with Crippen LogP contribution >= 0.6 is 0 Å². The molecule has 0 saturated carbocycles. The fourth-order valence-electron chi connectivity index (χ4n) is 3.09. The van der Waals surface area contributed by atoms with Gasteiger partial charge in [-0.15, -0.1) is 0 Å². The fraction of sp³-hybridized carbons (Fsp3) is 0.643. The lowest BCUT2D eigenvalue weighted by atomic mass is 9.99. The first-order valence-corrected chi connectivity index (χ1v) is 7.29. The monoisotopic (exact) mass is 331 g/mol. The second kappa shape index (κ2) is 5.63. The van der Waals surface area contributed by atoms with Crippen molar-refractivity contribution in [2.24, 2.45) is 0 Å². The molecule has 9 heteroatoms. The van der Waals surface area contributed by atoms with Gasteiger partial charge in [-0.3, -0.25) is 10.3 Å². The van der Waals surface area contributed by atoms with E-state index in [1.54, 1.807) is 13.1 Å². The lowest BCUT2D eigenvalue weighted by Crippen LogP contribution is -2.56. The van der Waals surface area contributed by atoms with Crippen LogP contribution in [-0.2, 0) is 9.53 Å². The third kappa shape index (κ3) is 3.54. The lowest BCUT2D eigenvalue weighted by molar-refractivity contribution is -0.219. The summed E-state index contributed by atoms with van der Waals surface area (Å²) >= 11 is 0. The first-order valence-electron chi connectivity index (χ1n) is 7.29. The zero-order chi connectivity index (χ0) is 16.7. The number of nitrogens with zero attached hydrogens (tertiary/aromatic N) is 2. The van der Waals surface area contributed by atoms with Crippen LogP contribution in [0, 0.1) is 6.92 Å².